The third kappa shape index (κ3) is 5.65. The van der Waals surface area contributed by atoms with Gasteiger partial charge < -0.3 is 9.47 Å². The number of anilines is 1. The molecule has 0 heterocycles. The maximum atomic E-state index is 14.1. The maximum Gasteiger partial charge on any atom is 0.416 e. The van der Waals surface area contributed by atoms with E-state index in [2.05, 4.69) is 0 Å². The third-order valence-corrected chi connectivity index (χ3v) is 4.50. The number of aryl methyl sites for hydroxylation is 1. The van der Waals surface area contributed by atoms with Crippen molar-refractivity contribution in [3.05, 3.63) is 52.3 Å². The molecule has 0 bridgehead atoms. The van der Waals surface area contributed by atoms with E-state index >= 15 is 0 Å². The molecule has 0 spiro atoms. The van der Waals surface area contributed by atoms with Gasteiger partial charge >= 0.3 is 12.1 Å². The number of nitrogens with zero attached hydrogens (tertiary/aromatic N) is 1. The number of amides is 1. The number of halogens is 5. The first-order valence-corrected chi connectivity index (χ1v) is 9.34. The number of carbonyl (C=O) groups is 2. The van der Waals surface area contributed by atoms with E-state index in [1.165, 1.54) is 25.1 Å². The van der Waals surface area contributed by atoms with Crippen molar-refractivity contribution in [2.75, 3.05) is 11.6 Å². The Morgan fingerprint density at radius 1 is 1.23 bits per heavy atom. The molecule has 2 aromatic rings. The number of hydrogen-bond donors (Lipinski definition) is 1. The zero-order chi connectivity index (χ0) is 23.5. The second kappa shape index (κ2) is 9.52. The largest absolute Gasteiger partial charge is 0.465 e. The van der Waals surface area contributed by atoms with E-state index in [1.54, 1.807) is 13.8 Å². The van der Waals surface area contributed by atoms with E-state index in [0.29, 0.717) is 11.6 Å². The summed E-state index contributed by atoms with van der Waals surface area (Å²) in [5.41, 5.74) is -0.609. The summed E-state index contributed by atoms with van der Waals surface area (Å²) in [5.74, 6) is 1.41. The standard InChI is InChI=1S/C20H19ClF4N2O4/c1-4-30-19(29)11(3)18(28)27(26)16-6-5-13(7-10(16)2)31-17-14(21)8-12(9-15(17)22)20(23,24)25/h5-9,11H,4,26H2,1-3H3. The van der Waals surface area contributed by atoms with E-state index in [4.69, 9.17) is 26.9 Å². The minimum absolute atomic E-state index is 0.0427. The predicted molar refractivity (Wildman–Crippen MR) is 105 cm³/mol. The summed E-state index contributed by atoms with van der Waals surface area (Å²) in [6.07, 6.45) is -4.76. The predicted octanol–water partition coefficient (Wildman–Crippen LogP) is 5.00. The van der Waals surface area contributed by atoms with Crippen molar-refractivity contribution in [3.8, 4) is 11.5 Å². The van der Waals surface area contributed by atoms with Crippen LogP contribution >= 0.6 is 11.6 Å². The quantitative estimate of drug-likeness (QED) is 0.163. The summed E-state index contributed by atoms with van der Waals surface area (Å²) in [5, 5.41) is 0.208. The molecule has 0 aliphatic heterocycles. The second-order valence-corrected chi connectivity index (χ2v) is 6.91. The van der Waals surface area contributed by atoms with E-state index in [0.717, 1.165) is 5.01 Å². The maximum absolute atomic E-state index is 14.1. The molecule has 0 aromatic heterocycles. The minimum Gasteiger partial charge on any atom is -0.465 e. The Balaban J connectivity index is 2.25. The average molecular weight is 463 g/mol. The number of alkyl halides is 3. The molecule has 31 heavy (non-hydrogen) atoms. The number of hydrogen-bond acceptors (Lipinski definition) is 5. The van der Waals surface area contributed by atoms with Gasteiger partial charge in [-0.25, -0.2) is 15.2 Å². The Labute approximate surface area is 180 Å². The fourth-order valence-corrected chi connectivity index (χ4v) is 2.84. The van der Waals surface area contributed by atoms with Crippen LogP contribution in [0, 0.1) is 18.7 Å². The van der Waals surface area contributed by atoms with Crippen LogP contribution in [-0.4, -0.2) is 18.5 Å². The Morgan fingerprint density at radius 2 is 1.87 bits per heavy atom. The van der Waals surface area contributed by atoms with Crippen LogP contribution in [0.4, 0.5) is 23.2 Å². The van der Waals surface area contributed by atoms with Crippen molar-refractivity contribution in [1.29, 1.82) is 0 Å². The van der Waals surface area contributed by atoms with Crippen LogP contribution in [0.15, 0.2) is 30.3 Å². The van der Waals surface area contributed by atoms with Crippen LogP contribution in [0.3, 0.4) is 0 Å². The molecule has 0 saturated heterocycles. The molecule has 0 fully saturated rings. The van der Waals surface area contributed by atoms with Crippen molar-refractivity contribution in [2.45, 2.75) is 26.9 Å². The Bertz CT molecular complexity index is 975. The van der Waals surface area contributed by atoms with E-state index < -0.39 is 46.1 Å². The first-order chi connectivity index (χ1) is 14.4. The molecular weight excluding hydrogens is 444 g/mol. The first-order valence-electron chi connectivity index (χ1n) is 8.96. The van der Waals surface area contributed by atoms with Gasteiger partial charge in [-0.1, -0.05) is 11.6 Å². The van der Waals surface area contributed by atoms with Gasteiger partial charge in [0.1, 0.15) is 11.7 Å². The molecule has 11 heteroatoms. The monoisotopic (exact) mass is 462 g/mol. The molecule has 0 radical (unpaired) electrons. The molecule has 1 unspecified atom stereocenters. The molecule has 0 aliphatic rings. The van der Waals surface area contributed by atoms with Crippen molar-refractivity contribution in [1.82, 2.24) is 0 Å². The number of nitrogens with two attached hydrogens (primary N) is 1. The van der Waals surface area contributed by atoms with Crippen LogP contribution < -0.4 is 15.6 Å². The summed E-state index contributed by atoms with van der Waals surface area (Å²) in [6, 6.07) is 4.90. The van der Waals surface area contributed by atoms with E-state index in [-0.39, 0.29) is 24.1 Å². The number of rotatable bonds is 6. The van der Waals surface area contributed by atoms with Gasteiger partial charge in [0.15, 0.2) is 11.6 Å². The zero-order valence-corrected chi connectivity index (χ0v) is 17.5. The third-order valence-electron chi connectivity index (χ3n) is 4.22. The number of ether oxygens (including phenoxy) is 2. The highest BCUT2D eigenvalue weighted by molar-refractivity contribution is 6.32. The number of carbonyl (C=O) groups excluding carboxylic acids is 2. The summed E-state index contributed by atoms with van der Waals surface area (Å²) < 4.78 is 62.5. The summed E-state index contributed by atoms with van der Waals surface area (Å²) in [4.78, 5) is 24.1. The molecule has 2 aromatic carbocycles. The van der Waals surface area contributed by atoms with Crippen LogP contribution in [0.1, 0.15) is 25.0 Å². The molecule has 2 rings (SSSR count). The molecular formula is C20H19ClF4N2O4. The van der Waals surface area contributed by atoms with Crippen molar-refractivity contribution >= 4 is 29.2 Å². The van der Waals surface area contributed by atoms with Crippen LogP contribution in [0.5, 0.6) is 11.5 Å². The average Bonchev–Trinajstić information content (AvgIpc) is 2.68. The van der Waals surface area contributed by atoms with Gasteiger partial charge in [0.05, 0.1) is 22.9 Å². The molecule has 0 saturated carbocycles. The lowest BCUT2D eigenvalue weighted by atomic mass is 10.1. The Kier molecular flexibility index (Phi) is 7.50. The molecule has 168 valence electrons. The van der Waals surface area contributed by atoms with Crippen molar-refractivity contribution < 1.29 is 36.6 Å². The van der Waals surface area contributed by atoms with Gasteiger partial charge in [0.25, 0.3) is 5.91 Å². The first kappa shape index (κ1) is 24.4. The van der Waals surface area contributed by atoms with Gasteiger partial charge in [-0.05, 0) is 56.7 Å². The fraction of sp³-hybridized carbons (Fsp3) is 0.300. The highest BCUT2D eigenvalue weighted by Gasteiger charge is 2.33. The smallest absolute Gasteiger partial charge is 0.416 e. The minimum atomic E-state index is -4.76. The van der Waals surface area contributed by atoms with Gasteiger partial charge in [-0.2, -0.15) is 13.2 Å². The van der Waals surface area contributed by atoms with Crippen LogP contribution in [0.2, 0.25) is 5.02 Å². The SMILES string of the molecule is CCOC(=O)C(C)C(=O)N(N)c1ccc(Oc2c(F)cc(C(F)(F)F)cc2Cl)cc1C. The summed E-state index contributed by atoms with van der Waals surface area (Å²) >= 11 is 5.76. The Hall–Kier alpha value is -2.85. The van der Waals surface area contributed by atoms with Gasteiger partial charge in [-0.3, -0.25) is 9.59 Å². The normalized spacial score (nSPS) is 12.3. The lowest BCUT2D eigenvalue weighted by Crippen LogP contribution is -2.44. The highest BCUT2D eigenvalue weighted by atomic mass is 35.5. The van der Waals surface area contributed by atoms with Crippen molar-refractivity contribution in [2.24, 2.45) is 11.8 Å². The van der Waals surface area contributed by atoms with E-state index in [1.807, 2.05) is 0 Å². The topological polar surface area (TPSA) is 81.9 Å². The van der Waals surface area contributed by atoms with E-state index in [9.17, 15) is 27.2 Å². The number of esters is 1. The Morgan fingerprint density at radius 3 is 2.39 bits per heavy atom. The van der Waals surface area contributed by atoms with Crippen LogP contribution in [-0.2, 0) is 20.5 Å². The van der Waals surface area contributed by atoms with Gasteiger partial charge in [0, 0.05) is 0 Å². The second-order valence-electron chi connectivity index (χ2n) is 6.50. The molecule has 0 aliphatic carbocycles. The lowest BCUT2D eigenvalue weighted by molar-refractivity contribution is -0.150. The van der Waals surface area contributed by atoms with Gasteiger partial charge in [-0.15, -0.1) is 0 Å². The number of hydrazine groups is 1. The molecule has 2 N–H and O–H groups in total. The lowest BCUT2D eigenvalue weighted by Gasteiger charge is -2.22. The molecule has 1 amide bonds. The fourth-order valence-electron chi connectivity index (χ4n) is 2.60. The van der Waals surface area contributed by atoms with Crippen molar-refractivity contribution in [3.63, 3.8) is 0 Å². The highest BCUT2D eigenvalue weighted by Crippen LogP contribution is 2.39. The van der Waals surface area contributed by atoms with Crippen LogP contribution in [0.25, 0.3) is 0 Å². The molecule has 1 atom stereocenters. The molecule has 6 nitrogen and oxygen atoms in total. The summed E-state index contributed by atoms with van der Waals surface area (Å²) in [7, 11) is 0. The number of benzene rings is 2. The van der Waals surface area contributed by atoms with Gasteiger partial charge in [0.2, 0.25) is 0 Å². The zero-order valence-electron chi connectivity index (χ0n) is 16.7. The summed E-state index contributed by atoms with van der Waals surface area (Å²) in [6.45, 7) is 4.62.